The molecule has 35 heavy (non-hydrogen) atoms. The maximum atomic E-state index is 11.1. The normalized spacial score (nSPS) is 12.3. The van der Waals surface area contributed by atoms with E-state index in [1.54, 1.807) is 25.6 Å². The van der Waals surface area contributed by atoms with Crippen molar-refractivity contribution in [2.24, 2.45) is 11.3 Å². The average molecular weight is 503 g/mol. The number of aliphatic hydroxyl groups is 1. The van der Waals surface area contributed by atoms with Gasteiger partial charge in [0.15, 0.2) is 0 Å². The Bertz CT molecular complexity index is 1060. The lowest BCUT2D eigenvalue weighted by Crippen LogP contribution is -2.31. The van der Waals surface area contributed by atoms with E-state index < -0.39 is 6.10 Å². The minimum absolute atomic E-state index is 0.0455. The molecule has 0 aliphatic rings. The van der Waals surface area contributed by atoms with Gasteiger partial charge in [0.05, 0.1) is 24.9 Å². The molecule has 0 spiro atoms. The zero-order valence-electron chi connectivity index (χ0n) is 21.7. The smallest absolute Gasteiger partial charge is 0.217 e. The van der Waals surface area contributed by atoms with E-state index in [4.69, 9.17) is 16.3 Å². The van der Waals surface area contributed by atoms with Crippen LogP contribution in [0.1, 0.15) is 77.5 Å². The largest absolute Gasteiger partial charge is 0.481 e. The van der Waals surface area contributed by atoms with Gasteiger partial charge in [-0.15, -0.1) is 0 Å². The lowest BCUT2D eigenvalue weighted by Gasteiger charge is -2.39. The van der Waals surface area contributed by atoms with Gasteiger partial charge in [0.2, 0.25) is 11.8 Å². The molecule has 3 rings (SSSR count). The molecule has 2 aromatic heterocycles. The number of H-pyrrole nitrogens is 1. The Balaban J connectivity index is 0.000000283. The van der Waals surface area contributed by atoms with Crippen LogP contribution < -0.4 is 10.1 Å². The third-order valence-electron chi connectivity index (χ3n) is 6.42. The SMILES string of the molecule is CCCC(CCC)C(C)(C)C(O)c1cc(Cl)cc2cn[nH]c12.COc1ccc(CNC(C)=O)cn1. The van der Waals surface area contributed by atoms with Crippen molar-refractivity contribution in [3.8, 4) is 5.88 Å². The number of nitrogens with zero attached hydrogens (tertiary/aromatic N) is 2. The van der Waals surface area contributed by atoms with Gasteiger partial charge in [0.1, 0.15) is 0 Å². The molecule has 0 radical (unpaired) electrons. The van der Waals surface area contributed by atoms with Gasteiger partial charge >= 0.3 is 0 Å². The molecule has 1 amide bonds. The van der Waals surface area contributed by atoms with E-state index in [2.05, 4.69) is 48.2 Å². The Morgan fingerprint density at radius 2 is 1.89 bits per heavy atom. The molecule has 192 valence electrons. The second-order valence-electron chi connectivity index (χ2n) is 9.45. The summed E-state index contributed by atoms with van der Waals surface area (Å²) in [6, 6.07) is 7.36. The van der Waals surface area contributed by atoms with Crippen molar-refractivity contribution < 1.29 is 14.6 Å². The predicted molar refractivity (Wildman–Crippen MR) is 141 cm³/mol. The Kier molecular flexibility index (Phi) is 11.0. The third-order valence-corrected chi connectivity index (χ3v) is 6.64. The average Bonchev–Trinajstić information content (AvgIpc) is 3.30. The highest BCUT2D eigenvalue weighted by atomic mass is 35.5. The Hall–Kier alpha value is -2.64. The number of benzene rings is 1. The monoisotopic (exact) mass is 502 g/mol. The number of rotatable bonds is 10. The third kappa shape index (κ3) is 7.94. The quantitative estimate of drug-likeness (QED) is 0.305. The number of methoxy groups -OCH3 is 1. The lowest BCUT2D eigenvalue weighted by atomic mass is 9.68. The van der Waals surface area contributed by atoms with E-state index in [0.717, 1.165) is 47.7 Å². The topological polar surface area (TPSA) is 100 Å². The molecule has 0 saturated carbocycles. The molecule has 0 bridgehead atoms. The predicted octanol–water partition coefficient (Wildman–Crippen LogP) is 6.22. The fraction of sp³-hybridized carbons (Fsp3) is 0.519. The summed E-state index contributed by atoms with van der Waals surface area (Å²) < 4.78 is 4.90. The van der Waals surface area contributed by atoms with E-state index >= 15 is 0 Å². The standard InChI is InChI=1S/C18H27ClN2O.C9H12N2O2/c1-5-7-13(8-6-2)18(3,4)17(22)15-10-14(19)9-12-11-20-21-16(12)15;1-7(12)10-5-8-3-4-9(13-2)11-6-8/h9-11,13,17,22H,5-8H2,1-4H3,(H,20,21);3-4,6H,5H2,1-2H3,(H,10,12). The van der Waals surface area contributed by atoms with Crippen molar-refractivity contribution in [3.63, 3.8) is 0 Å². The Morgan fingerprint density at radius 1 is 1.20 bits per heavy atom. The summed E-state index contributed by atoms with van der Waals surface area (Å²) in [4.78, 5) is 14.6. The summed E-state index contributed by atoms with van der Waals surface area (Å²) in [5, 5.41) is 22.5. The molecule has 3 N–H and O–H groups in total. The van der Waals surface area contributed by atoms with Crippen LogP contribution >= 0.6 is 11.6 Å². The summed E-state index contributed by atoms with van der Waals surface area (Å²) >= 11 is 6.22. The fourth-order valence-electron chi connectivity index (χ4n) is 4.33. The Morgan fingerprint density at radius 3 is 2.43 bits per heavy atom. The van der Waals surface area contributed by atoms with Gasteiger partial charge in [0, 0.05) is 41.7 Å². The number of hydrogen-bond acceptors (Lipinski definition) is 5. The van der Waals surface area contributed by atoms with E-state index in [-0.39, 0.29) is 11.3 Å². The maximum Gasteiger partial charge on any atom is 0.217 e. The molecule has 8 heteroatoms. The zero-order valence-corrected chi connectivity index (χ0v) is 22.4. The van der Waals surface area contributed by atoms with Crippen molar-refractivity contribution >= 4 is 28.4 Å². The number of aliphatic hydroxyl groups excluding tert-OH is 1. The lowest BCUT2D eigenvalue weighted by molar-refractivity contribution is -0.119. The van der Waals surface area contributed by atoms with Crippen LogP contribution in [-0.4, -0.2) is 33.3 Å². The van der Waals surface area contributed by atoms with Crippen LogP contribution in [0.25, 0.3) is 10.9 Å². The highest BCUT2D eigenvalue weighted by Gasteiger charge is 2.37. The van der Waals surface area contributed by atoms with Crippen LogP contribution in [0.4, 0.5) is 0 Å². The number of halogens is 1. The first kappa shape index (κ1) is 28.6. The van der Waals surface area contributed by atoms with Gasteiger partial charge in [-0.2, -0.15) is 5.10 Å². The van der Waals surface area contributed by atoms with Crippen molar-refractivity contribution in [3.05, 3.63) is 52.8 Å². The first-order valence-corrected chi connectivity index (χ1v) is 12.6. The fourth-order valence-corrected chi connectivity index (χ4v) is 4.57. The molecule has 0 aliphatic carbocycles. The molecule has 1 unspecified atom stereocenters. The van der Waals surface area contributed by atoms with Gasteiger partial charge in [-0.25, -0.2) is 4.98 Å². The summed E-state index contributed by atoms with van der Waals surface area (Å²) in [5.41, 5.74) is 2.48. The number of hydrogen-bond donors (Lipinski definition) is 3. The van der Waals surface area contributed by atoms with E-state index in [9.17, 15) is 9.90 Å². The van der Waals surface area contributed by atoms with Gasteiger partial charge in [-0.1, -0.05) is 71.0 Å². The number of carbonyl (C=O) groups is 1. The molecule has 2 heterocycles. The van der Waals surface area contributed by atoms with Gasteiger partial charge in [-0.3, -0.25) is 9.89 Å². The first-order chi connectivity index (χ1) is 16.6. The minimum Gasteiger partial charge on any atom is -0.481 e. The molecule has 0 fully saturated rings. The molecule has 3 aromatic rings. The molecule has 0 saturated heterocycles. The highest BCUT2D eigenvalue weighted by molar-refractivity contribution is 6.31. The minimum atomic E-state index is -0.572. The summed E-state index contributed by atoms with van der Waals surface area (Å²) in [6.07, 6.45) is 7.38. The molecule has 1 aromatic carbocycles. The second kappa shape index (κ2) is 13.4. The maximum absolute atomic E-state index is 11.1. The van der Waals surface area contributed by atoms with E-state index in [1.807, 2.05) is 18.2 Å². The number of pyridine rings is 1. The molecule has 0 aliphatic heterocycles. The van der Waals surface area contributed by atoms with E-state index in [0.29, 0.717) is 23.4 Å². The summed E-state index contributed by atoms with van der Waals surface area (Å²) in [5.74, 6) is 1.01. The van der Waals surface area contributed by atoms with Crippen LogP contribution in [0.5, 0.6) is 5.88 Å². The number of nitrogens with one attached hydrogen (secondary N) is 2. The molecule has 7 nitrogen and oxygen atoms in total. The molecular weight excluding hydrogens is 464 g/mol. The number of amides is 1. The number of aromatic nitrogens is 3. The molecule has 1 atom stereocenters. The van der Waals surface area contributed by atoms with Gasteiger partial charge in [-0.05, 0) is 29.0 Å². The van der Waals surface area contributed by atoms with Crippen molar-refractivity contribution in [2.45, 2.75) is 73.0 Å². The number of carbonyl (C=O) groups excluding carboxylic acids is 1. The van der Waals surface area contributed by atoms with Crippen LogP contribution in [0.3, 0.4) is 0 Å². The van der Waals surface area contributed by atoms with Gasteiger partial charge < -0.3 is 15.2 Å². The van der Waals surface area contributed by atoms with Crippen molar-refractivity contribution in [1.29, 1.82) is 0 Å². The number of aromatic amines is 1. The van der Waals surface area contributed by atoms with Crippen LogP contribution in [-0.2, 0) is 11.3 Å². The Labute approximate surface area is 213 Å². The molecular formula is C27H39ClN4O3. The number of ether oxygens (including phenoxy) is 1. The van der Waals surface area contributed by atoms with Crippen LogP contribution in [0, 0.1) is 11.3 Å². The van der Waals surface area contributed by atoms with Crippen molar-refractivity contribution in [1.82, 2.24) is 20.5 Å². The van der Waals surface area contributed by atoms with Crippen molar-refractivity contribution in [2.75, 3.05) is 7.11 Å². The summed E-state index contributed by atoms with van der Waals surface area (Å²) in [7, 11) is 1.57. The zero-order chi connectivity index (χ0) is 26.0. The number of fused-ring (bicyclic) bond motifs is 1. The second-order valence-corrected chi connectivity index (χ2v) is 9.88. The first-order valence-electron chi connectivity index (χ1n) is 12.2. The summed E-state index contributed by atoms with van der Waals surface area (Å²) in [6.45, 7) is 10.7. The highest BCUT2D eigenvalue weighted by Crippen LogP contribution is 2.45. The van der Waals surface area contributed by atoms with Gasteiger partial charge in [0.25, 0.3) is 0 Å². The van der Waals surface area contributed by atoms with E-state index in [1.165, 1.54) is 6.92 Å². The van der Waals surface area contributed by atoms with Crippen LogP contribution in [0.2, 0.25) is 5.02 Å². The van der Waals surface area contributed by atoms with Crippen LogP contribution in [0.15, 0.2) is 36.7 Å².